The molecular formula is C14H19NO2. The molecule has 0 unspecified atom stereocenters. The van der Waals surface area contributed by atoms with E-state index in [1.54, 1.807) is 0 Å². The number of hydrogen-bond acceptors (Lipinski definition) is 2. The zero-order chi connectivity index (χ0) is 12.6. The van der Waals surface area contributed by atoms with Gasteiger partial charge in [0, 0.05) is 5.41 Å². The zero-order valence-electron chi connectivity index (χ0n) is 10.4. The van der Waals surface area contributed by atoms with Gasteiger partial charge in [0.25, 0.3) is 0 Å². The van der Waals surface area contributed by atoms with Gasteiger partial charge in [-0.25, -0.2) is 0 Å². The molecule has 0 saturated heterocycles. The van der Waals surface area contributed by atoms with Crippen molar-refractivity contribution < 1.29 is 9.90 Å². The van der Waals surface area contributed by atoms with Gasteiger partial charge in [-0.1, -0.05) is 12.1 Å². The maximum absolute atomic E-state index is 11.0. The Morgan fingerprint density at radius 3 is 2.12 bits per heavy atom. The number of benzene rings is 1. The van der Waals surface area contributed by atoms with Crippen LogP contribution in [0.15, 0.2) is 12.1 Å². The van der Waals surface area contributed by atoms with E-state index in [0.29, 0.717) is 6.54 Å². The van der Waals surface area contributed by atoms with E-state index in [1.807, 2.05) is 0 Å². The molecule has 3 N–H and O–H groups in total. The summed E-state index contributed by atoms with van der Waals surface area (Å²) < 4.78 is 0. The van der Waals surface area contributed by atoms with Crippen LogP contribution >= 0.6 is 0 Å². The van der Waals surface area contributed by atoms with Crippen LogP contribution in [0.3, 0.4) is 0 Å². The Kier molecular flexibility index (Phi) is 2.96. The van der Waals surface area contributed by atoms with Gasteiger partial charge in [-0.2, -0.15) is 0 Å². The van der Waals surface area contributed by atoms with E-state index in [2.05, 4.69) is 26.0 Å². The predicted octanol–water partition coefficient (Wildman–Crippen LogP) is 1.82. The molecule has 0 heterocycles. The van der Waals surface area contributed by atoms with Crippen molar-refractivity contribution in [3.05, 3.63) is 34.4 Å². The van der Waals surface area contributed by atoms with Crippen LogP contribution in [0, 0.1) is 19.3 Å². The first-order valence-electron chi connectivity index (χ1n) is 5.97. The Morgan fingerprint density at radius 1 is 1.29 bits per heavy atom. The molecular weight excluding hydrogens is 214 g/mol. The molecule has 0 spiro atoms. The van der Waals surface area contributed by atoms with Gasteiger partial charge in [0.1, 0.15) is 0 Å². The minimum Gasteiger partial charge on any atom is -0.481 e. The SMILES string of the molecule is Cc1ccc(C)c2c1CC(CN)(CC(=O)O)C2. The molecule has 2 rings (SSSR count). The number of hydrogen-bond donors (Lipinski definition) is 2. The number of fused-ring (bicyclic) bond motifs is 1. The molecule has 0 fully saturated rings. The van der Waals surface area contributed by atoms with Crippen LogP contribution in [0.1, 0.15) is 28.7 Å². The lowest BCUT2D eigenvalue weighted by Gasteiger charge is -2.25. The van der Waals surface area contributed by atoms with E-state index >= 15 is 0 Å². The van der Waals surface area contributed by atoms with Crippen molar-refractivity contribution in [3.8, 4) is 0 Å². The standard InChI is InChI=1S/C14H19NO2/c1-9-3-4-10(2)12-6-14(8-15,5-11(9)12)7-13(16)17/h3-4H,5-8,15H2,1-2H3,(H,16,17). The summed E-state index contributed by atoms with van der Waals surface area (Å²) in [5, 5.41) is 9.03. The molecule has 1 aliphatic carbocycles. The second-order valence-electron chi connectivity index (χ2n) is 5.28. The first kappa shape index (κ1) is 12.1. The largest absolute Gasteiger partial charge is 0.481 e. The highest BCUT2D eigenvalue weighted by atomic mass is 16.4. The van der Waals surface area contributed by atoms with Crippen LogP contribution in [0.2, 0.25) is 0 Å². The Morgan fingerprint density at radius 2 is 1.76 bits per heavy atom. The third kappa shape index (κ3) is 2.07. The Hall–Kier alpha value is -1.35. The molecule has 0 amide bonds. The molecule has 0 aliphatic heterocycles. The normalized spacial score (nSPS) is 16.9. The highest BCUT2D eigenvalue weighted by molar-refractivity contribution is 5.68. The fourth-order valence-corrected chi connectivity index (χ4v) is 2.89. The highest BCUT2D eigenvalue weighted by Gasteiger charge is 2.39. The molecule has 17 heavy (non-hydrogen) atoms. The summed E-state index contributed by atoms with van der Waals surface area (Å²) >= 11 is 0. The second kappa shape index (κ2) is 4.15. The van der Waals surface area contributed by atoms with Gasteiger partial charge in [-0.15, -0.1) is 0 Å². The molecule has 1 aromatic rings. The van der Waals surface area contributed by atoms with Gasteiger partial charge in [0.2, 0.25) is 0 Å². The van der Waals surface area contributed by atoms with Crippen molar-refractivity contribution in [2.24, 2.45) is 11.1 Å². The van der Waals surface area contributed by atoms with Crippen LogP contribution in [0.25, 0.3) is 0 Å². The average Bonchev–Trinajstić information content (AvgIpc) is 2.64. The lowest BCUT2D eigenvalue weighted by atomic mass is 9.81. The van der Waals surface area contributed by atoms with E-state index in [9.17, 15) is 4.79 Å². The lowest BCUT2D eigenvalue weighted by Crippen LogP contribution is -2.33. The monoisotopic (exact) mass is 233 g/mol. The van der Waals surface area contributed by atoms with E-state index in [1.165, 1.54) is 22.3 Å². The average molecular weight is 233 g/mol. The lowest BCUT2D eigenvalue weighted by molar-refractivity contribution is -0.139. The first-order chi connectivity index (χ1) is 7.97. The van der Waals surface area contributed by atoms with Crippen LogP contribution in [-0.2, 0) is 17.6 Å². The van der Waals surface area contributed by atoms with Crippen LogP contribution in [-0.4, -0.2) is 17.6 Å². The van der Waals surface area contributed by atoms with Gasteiger partial charge >= 0.3 is 5.97 Å². The number of aryl methyl sites for hydroxylation is 2. The van der Waals surface area contributed by atoms with E-state index in [0.717, 1.165) is 12.8 Å². The fraction of sp³-hybridized carbons (Fsp3) is 0.500. The summed E-state index contributed by atoms with van der Waals surface area (Å²) in [5.74, 6) is -0.751. The summed E-state index contributed by atoms with van der Waals surface area (Å²) in [6.07, 6.45) is 1.77. The van der Waals surface area contributed by atoms with Crippen molar-refractivity contribution in [1.82, 2.24) is 0 Å². The second-order valence-corrected chi connectivity index (χ2v) is 5.28. The number of rotatable bonds is 3. The van der Waals surface area contributed by atoms with Crippen molar-refractivity contribution in [1.29, 1.82) is 0 Å². The molecule has 0 atom stereocenters. The van der Waals surface area contributed by atoms with Crippen LogP contribution < -0.4 is 5.73 Å². The molecule has 3 nitrogen and oxygen atoms in total. The Labute approximate surface area is 102 Å². The topological polar surface area (TPSA) is 63.3 Å². The van der Waals surface area contributed by atoms with Crippen molar-refractivity contribution >= 4 is 5.97 Å². The third-order valence-electron chi connectivity index (χ3n) is 3.96. The van der Waals surface area contributed by atoms with Gasteiger partial charge in [0.15, 0.2) is 0 Å². The Balaban J connectivity index is 2.39. The van der Waals surface area contributed by atoms with Crippen LogP contribution in [0.5, 0.6) is 0 Å². The van der Waals surface area contributed by atoms with E-state index < -0.39 is 5.97 Å². The maximum atomic E-state index is 11.0. The first-order valence-corrected chi connectivity index (χ1v) is 5.97. The molecule has 1 aromatic carbocycles. The van der Waals surface area contributed by atoms with E-state index in [4.69, 9.17) is 10.8 Å². The summed E-state index contributed by atoms with van der Waals surface area (Å²) in [5.41, 5.74) is 10.7. The van der Waals surface area contributed by atoms with Crippen molar-refractivity contribution in [2.75, 3.05) is 6.54 Å². The van der Waals surface area contributed by atoms with Crippen molar-refractivity contribution in [3.63, 3.8) is 0 Å². The summed E-state index contributed by atoms with van der Waals surface area (Å²) in [6, 6.07) is 4.23. The predicted molar refractivity (Wildman–Crippen MR) is 67.1 cm³/mol. The molecule has 3 heteroatoms. The van der Waals surface area contributed by atoms with Crippen LogP contribution in [0.4, 0.5) is 0 Å². The quantitative estimate of drug-likeness (QED) is 0.837. The molecule has 0 radical (unpaired) electrons. The van der Waals surface area contributed by atoms with Crippen molar-refractivity contribution in [2.45, 2.75) is 33.1 Å². The highest BCUT2D eigenvalue weighted by Crippen LogP contribution is 2.41. The zero-order valence-corrected chi connectivity index (χ0v) is 10.4. The number of carbonyl (C=O) groups is 1. The molecule has 0 saturated carbocycles. The fourth-order valence-electron chi connectivity index (χ4n) is 2.89. The maximum Gasteiger partial charge on any atom is 0.303 e. The van der Waals surface area contributed by atoms with Gasteiger partial charge < -0.3 is 10.8 Å². The summed E-state index contributed by atoms with van der Waals surface area (Å²) in [6.45, 7) is 4.62. The number of aliphatic carboxylic acids is 1. The Bertz CT molecular complexity index is 435. The third-order valence-corrected chi connectivity index (χ3v) is 3.96. The van der Waals surface area contributed by atoms with Gasteiger partial charge in [-0.05, 0) is 55.5 Å². The summed E-state index contributed by atoms with van der Waals surface area (Å²) in [4.78, 5) is 11.0. The van der Waals surface area contributed by atoms with Gasteiger partial charge in [0.05, 0.1) is 6.42 Å². The smallest absolute Gasteiger partial charge is 0.303 e. The molecule has 1 aliphatic rings. The minimum absolute atomic E-state index is 0.164. The molecule has 92 valence electrons. The number of carboxylic acids is 1. The van der Waals surface area contributed by atoms with Gasteiger partial charge in [-0.3, -0.25) is 4.79 Å². The number of carboxylic acid groups (broad SMARTS) is 1. The molecule has 0 aromatic heterocycles. The minimum atomic E-state index is -0.751. The number of nitrogens with two attached hydrogens (primary N) is 1. The van der Waals surface area contributed by atoms with E-state index in [-0.39, 0.29) is 11.8 Å². The molecule has 0 bridgehead atoms. The summed E-state index contributed by atoms with van der Waals surface area (Å²) in [7, 11) is 0.